The van der Waals surface area contributed by atoms with Gasteiger partial charge in [-0.1, -0.05) is 18.2 Å². The van der Waals surface area contributed by atoms with Gasteiger partial charge in [0.05, 0.1) is 48.8 Å². The number of pyridine rings is 1. The first-order chi connectivity index (χ1) is 16.5. The number of hydrogen-bond acceptors (Lipinski definition) is 8. The van der Waals surface area contributed by atoms with Gasteiger partial charge in [-0.25, -0.2) is 18.4 Å². The summed E-state index contributed by atoms with van der Waals surface area (Å²) in [6, 6.07) is 15.1. The van der Waals surface area contributed by atoms with Crippen LogP contribution in [0.15, 0.2) is 72.0 Å². The van der Waals surface area contributed by atoms with E-state index >= 15 is 0 Å². The summed E-state index contributed by atoms with van der Waals surface area (Å²) in [7, 11) is -2.01. The van der Waals surface area contributed by atoms with Gasteiger partial charge in [-0.15, -0.1) is 0 Å². The molecule has 0 unspecified atom stereocenters. The summed E-state index contributed by atoms with van der Waals surface area (Å²) in [4.78, 5) is 13.0. The van der Waals surface area contributed by atoms with Crippen LogP contribution in [0, 0.1) is 0 Å². The smallest absolute Gasteiger partial charge is 0.316 e. The van der Waals surface area contributed by atoms with Crippen LogP contribution in [0.25, 0.3) is 22.0 Å². The zero-order valence-electron chi connectivity index (χ0n) is 18.5. The number of rotatable bonds is 6. The number of morpholine rings is 1. The van der Waals surface area contributed by atoms with Crippen LogP contribution in [0.3, 0.4) is 0 Å². The van der Waals surface area contributed by atoms with E-state index in [1.807, 2.05) is 36.4 Å². The van der Waals surface area contributed by atoms with E-state index < -0.39 is 10.0 Å². The molecule has 0 radical (unpaired) electrons. The van der Waals surface area contributed by atoms with E-state index in [4.69, 9.17) is 9.47 Å². The van der Waals surface area contributed by atoms with Crippen molar-refractivity contribution in [1.82, 2.24) is 19.3 Å². The lowest BCUT2D eigenvalue weighted by Crippen LogP contribution is -2.40. The molecular weight excluding hydrogens is 454 g/mol. The lowest BCUT2D eigenvalue weighted by molar-refractivity contribution is 0.0730. The maximum atomic E-state index is 12.9. The summed E-state index contributed by atoms with van der Waals surface area (Å²) in [5, 5.41) is 4.24. The molecule has 0 bridgehead atoms. The van der Waals surface area contributed by atoms with Gasteiger partial charge in [0.25, 0.3) is 0 Å². The number of sulfonamides is 1. The summed E-state index contributed by atoms with van der Waals surface area (Å²) in [5.74, 6) is 0. The quantitative estimate of drug-likeness (QED) is 0.450. The first kappa shape index (κ1) is 22.2. The molecule has 34 heavy (non-hydrogen) atoms. The molecule has 1 aliphatic rings. The molecule has 0 amide bonds. The monoisotopic (exact) mass is 477 g/mol. The fourth-order valence-corrected chi connectivity index (χ4v) is 5.24. The Morgan fingerprint density at radius 2 is 1.65 bits per heavy atom. The van der Waals surface area contributed by atoms with E-state index in [1.54, 1.807) is 30.7 Å². The van der Waals surface area contributed by atoms with Gasteiger partial charge >= 0.3 is 6.01 Å². The van der Waals surface area contributed by atoms with E-state index in [1.165, 1.54) is 11.4 Å². The number of fused-ring (bicyclic) bond motifs is 1. The van der Waals surface area contributed by atoms with Crippen LogP contribution >= 0.6 is 0 Å². The van der Waals surface area contributed by atoms with E-state index in [2.05, 4.69) is 20.3 Å². The molecule has 10 heteroatoms. The molecule has 4 aromatic rings. The van der Waals surface area contributed by atoms with Gasteiger partial charge in [-0.05, 0) is 41.5 Å². The standard InChI is InChI=1S/C24H23N5O4S/c1-32-24-26-15-19(16-27-24)28-23-8-9-25-22-7-4-18(14-21(22)23)17-2-5-20(6-3-17)34(30,31)29-10-12-33-13-11-29/h2-9,14-16H,10-13H2,1H3,(H,25,28). The molecule has 0 aliphatic carbocycles. The third-order valence-electron chi connectivity index (χ3n) is 5.63. The van der Waals surface area contributed by atoms with Crippen molar-refractivity contribution in [3.8, 4) is 17.1 Å². The number of hydrogen-bond donors (Lipinski definition) is 1. The Morgan fingerprint density at radius 3 is 2.35 bits per heavy atom. The van der Waals surface area contributed by atoms with Crippen LogP contribution in [0.1, 0.15) is 0 Å². The number of nitrogens with one attached hydrogen (secondary N) is 1. The largest absolute Gasteiger partial charge is 0.467 e. The van der Waals surface area contributed by atoms with E-state index in [-0.39, 0.29) is 4.90 Å². The molecule has 5 rings (SSSR count). The molecule has 1 aliphatic heterocycles. The Bertz CT molecular complexity index is 1400. The number of benzene rings is 2. The van der Waals surface area contributed by atoms with Crippen LogP contribution in [-0.4, -0.2) is 61.1 Å². The van der Waals surface area contributed by atoms with Gasteiger partial charge in [0, 0.05) is 30.4 Å². The molecule has 3 heterocycles. The fourth-order valence-electron chi connectivity index (χ4n) is 3.83. The predicted molar refractivity (Wildman–Crippen MR) is 129 cm³/mol. The number of nitrogens with zero attached hydrogens (tertiary/aromatic N) is 4. The second-order valence-corrected chi connectivity index (χ2v) is 9.65. The Balaban J connectivity index is 1.44. The third-order valence-corrected chi connectivity index (χ3v) is 7.54. The first-order valence-corrected chi connectivity index (χ1v) is 12.2. The molecule has 0 saturated carbocycles. The minimum absolute atomic E-state index is 0.280. The summed E-state index contributed by atoms with van der Waals surface area (Å²) in [6.07, 6.45) is 5.03. The Labute approximate surface area is 197 Å². The predicted octanol–water partition coefficient (Wildman–Crippen LogP) is 3.46. The average molecular weight is 478 g/mol. The highest BCUT2D eigenvalue weighted by molar-refractivity contribution is 7.89. The van der Waals surface area contributed by atoms with Gasteiger partial charge in [0.2, 0.25) is 10.0 Å². The summed E-state index contributed by atoms with van der Waals surface area (Å²) >= 11 is 0. The van der Waals surface area contributed by atoms with Crippen molar-refractivity contribution in [1.29, 1.82) is 0 Å². The molecule has 0 atom stereocenters. The fraction of sp³-hybridized carbons (Fsp3) is 0.208. The van der Waals surface area contributed by atoms with E-state index in [9.17, 15) is 8.42 Å². The van der Waals surface area contributed by atoms with Crippen molar-refractivity contribution in [3.05, 3.63) is 67.1 Å². The highest BCUT2D eigenvalue weighted by Crippen LogP contribution is 2.30. The van der Waals surface area contributed by atoms with Crippen molar-refractivity contribution in [2.45, 2.75) is 4.90 Å². The third kappa shape index (κ3) is 4.43. The number of methoxy groups -OCH3 is 1. The lowest BCUT2D eigenvalue weighted by atomic mass is 10.0. The second kappa shape index (κ2) is 9.34. The maximum Gasteiger partial charge on any atom is 0.316 e. The van der Waals surface area contributed by atoms with Gasteiger partial charge in [-0.3, -0.25) is 4.98 Å². The van der Waals surface area contributed by atoms with Crippen LogP contribution in [0.2, 0.25) is 0 Å². The van der Waals surface area contributed by atoms with Crippen molar-refractivity contribution in [2.75, 3.05) is 38.7 Å². The minimum atomic E-state index is -3.53. The van der Waals surface area contributed by atoms with Gasteiger partial charge in [0.1, 0.15) is 0 Å². The molecule has 9 nitrogen and oxygen atoms in total. The van der Waals surface area contributed by atoms with Crippen LogP contribution in [0.4, 0.5) is 11.4 Å². The minimum Gasteiger partial charge on any atom is -0.467 e. The van der Waals surface area contributed by atoms with E-state index in [0.29, 0.717) is 32.3 Å². The van der Waals surface area contributed by atoms with E-state index in [0.717, 1.165) is 33.4 Å². The molecule has 1 N–H and O–H groups in total. The average Bonchev–Trinajstić information content (AvgIpc) is 2.90. The summed E-state index contributed by atoms with van der Waals surface area (Å²) in [6.45, 7) is 1.58. The maximum absolute atomic E-state index is 12.9. The molecule has 2 aromatic heterocycles. The van der Waals surface area contributed by atoms with Crippen molar-refractivity contribution in [2.24, 2.45) is 0 Å². The van der Waals surface area contributed by atoms with Crippen molar-refractivity contribution >= 4 is 32.3 Å². The van der Waals surface area contributed by atoms with Gasteiger partial charge in [-0.2, -0.15) is 4.31 Å². The zero-order chi connectivity index (χ0) is 23.5. The lowest BCUT2D eigenvalue weighted by Gasteiger charge is -2.26. The van der Waals surface area contributed by atoms with Crippen LogP contribution in [0.5, 0.6) is 6.01 Å². The topological polar surface area (TPSA) is 107 Å². The molecular formula is C24H23N5O4S. The molecule has 2 aromatic carbocycles. The number of anilines is 2. The molecule has 174 valence electrons. The summed E-state index contributed by atoms with van der Waals surface area (Å²) < 4.78 is 37.6. The number of ether oxygens (including phenoxy) is 2. The zero-order valence-corrected chi connectivity index (χ0v) is 19.3. The Kier molecular flexibility index (Phi) is 6.10. The number of aromatic nitrogens is 3. The normalized spacial score (nSPS) is 14.7. The first-order valence-electron chi connectivity index (χ1n) is 10.7. The SMILES string of the molecule is COc1ncc(Nc2ccnc3ccc(-c4ccc(S(=O)(=O)N5CCOCC5)cc4)cc23)cn1. The van der Waals surface area contributed by atoms with Gasteiger partial charge in [0.15, 0.2) is 0 Å². The summed E-state index contributed by atoms with van der Waals surface area (Å²) in [5.41, 5.74) is 4.26. The van der Waals surface area contributed by atoms with Gasteiger partial charge < -0.3 is 14.8 Å². The Hall–Kier alpha value is -3.60. The highest BCUT2D eigenvalue weighted by Gasteiger charge is 2.26. The van der Waals surface area contributed by atoms with Crippen LogP contribution in [-0.2, 0) is 14.8 Å². The molecule has 1 fully saturated rings. The molecule has 1 saturated heterocycles. The Morgan fingerprint density at radius 1 is 0.941 bits per heavy atom. The van der Waals surface area contributed by atoms with Crippen molar-refractivity contribution < 1.29 is 17.9 Å². The second-order valence-electron chi connectivity index (χ2n) is 7.71. The van der Waals surface area contributed by atoms with Crippen LogP contribution < -0.4 is 10.1 Å². The highest BCUT2D eigenvalue weighted by atomic mass is 32.2. The molecule has 0 spiro atoms. The van der Waals surface area contributed by atoms with Crippen molar-refractivity contribution in [3.63, 3.8) is 0 Å².